The molecular formula is C20H21FN4O5. The van der Waals surface area contributed by atoms with Gasteiger partial charge in [-0.15, -0.1) is 0 Å². The van der Waals surface area contributed by atoms with E-state index in [1.54, 1.807) is 6.92 Å². The molecule has 30 heavy (non-hydrogen) atoms. The summed E-state index contributed by atoms with van der Waals surface area (Å²) in [6.07, 6.45) is 1.60. The van der Waals surface area contributed by atoms with Crippen LogP contribution in [0, 0.1) is 23.1 Å². The number of rotatable bonds is 8. The van der Waals surface area contributed by atoms with Crippen molar-refractivity contribution in [3.05, 3.63) is 30.1 Å². The molecule has 1 atom stereocenters. The molecule has 1 heterocycles. The van der Waals surface area contributed by atoms with Gasteiger partial charge in [0.2, 0.25) is 0 Å². The molecule has 3 rings (SSSR count). The van der Waals surface area contributed by atoms with E-state index in [4.69, 9.17) is 10.00 Å². The summed E-state index contributed by atoms with van der Waals surface area (Å²) in [5.74, 6) is -2.79. The summed E-state index contributed by atoms with van der Waals surface area (Å²) in [7, 11) is 0. The zero-order valence-corrected chi connectivity index (χ0v) is 16.4. The Kier molecular flexibility index (Phi) is 6.01. The Bertz CT molecular complexity index is 926. The lowest BCUT2D eigenvalue weighted by Gasteiger charge is -2.22. The highest BCUT2D eigenvalue weighted by Gasteiger charge is 2.56. The molecule has 1 N–H and O–H groups in total. The first-order valence-corrected chi connectivity index (χ1v) is 9.49. The first-order valence-electron chi connectivity index (χ1n) is 9.49. The predicted molar refractivity (Wildman–Crippen MR) is 101 cm³/mol. The first-order chi connectivity index (χ1) is 14.3. The summed E-state index contributed by atoms with van der Waals surface area (Å²) < 4.78 is 19.0. The number of anilines is 1. The van der Waals surface area contributed by atoms with Gasteiger partial charge in [-0.2, -0.15) is 5.26 Å². The van der Waals surface area contributed by atoms with Crippen molar-refractivity contribution < 1.29 is 28.3 Å². The van der Waals surface area contributed by atoms with Gasteiger partial charge in [-0.3, -0.25) is 19.3 Å². The monoisotopic (exact) mass is 416 g/mol. The lowest BCUT2D eigenvalue weighted by molar-refractivity contribution is -0.150. The van der Waals surface area contributed by atoms with Gasteiger partial charge in [0.25, 0.3) is 11.8 Å². The number of hydrogen-bond acceptors (Lipinski definition) is 6. The van der Waals surface area contributed by atoms with E-state index in [1.165, 1.54) is 24.3 Å². The molecule has 4 amide bonds. The lowest BCUT2D eigenvalue weighted by Crippen LogP contribution is -2.46. The van der Waals surface area contributed by atoms with Crippen LogP contribution in [0.3, 0.4) is 0 Å². The number of nitriles is 1. The van der Waals surface area contributed by atoms with Crippen LogP contribution in [0.1, 0.15) is 26.2 Å². The summed E-state index contributed by atoms with van der Waals surface area (Å²) in [6, 6.07) is 6.73. The van der Waals surface area contributed by atoms with E-state index in [2.05, 4.69) is 5.32 Å². The van der Waals surface area contributed by atoms with E-state index in [0.29, 0.717) is 0 Å². The average Bonchev–Trinajstić information content (AvgIpc) is 3.54. The van der Waals surface area contributed by atoms with Gasteiger partial charge in [0, 0.05) is 6.54 Å². The second kappa shape index (κ2) is 8.49. The van der Waals surface area contributed by atoms with Crippen LogP contribution in [0.4, 0.5) is 14.9 Å². The molecule has 1 saturated carbocycles. The van der Waals surface area contributed by atoms with Gasteiger partial charge in [-0.1, -0.05) is 12.1 Å². The Morgan fingerprint density at radius 3 is 2.70 bits per heavy atom. The standard InChI is InChI=1S/C20H21FN4O5/c1-20(13-7-8-13)18(28)25(19(29)23-20)11-17(27)30-12-16(26)24(10-4-9-22)15-6-3-2-5-14(15)21/h2-3,5-6,13H,4,7-8,10-12H2,1H3,(H,23,29). The molecule has 1 aromatic carbocycles. The topological polar surface area (TPSA) is 120 Å². The fourth-order valence-corrected chi connectivity index (χ4v) is 3.40. The smallest absolute Gasteiger partial charge is 0.326 e. The van der Waals surface area contributed by atoms with Crippen molar-refractivity contribution in [2.75, 3.05) is 24.6 Å². The van der Waals surface area contributed by atoms with Gasteiger partial charge in [0.1, 0.15) is 17.9 Å². The normalized spacial score (nSPS) is 20.5. The van der Waals surface area contributed by atoms with E-state index >= 15 is 0 Å². The third kappa shape index (κ3) is 4.25. The van der Waals surface area contributed by atoms with E-state index < -0.39 is 48.3 Å². The maximum Gasteiger partial charge on any atom is 0.326 e. The largest absolute Gasteiger partial charge is 0.454 e. The number of hydrogen-bond donors (Lipinski definition) is 1. The predicted octanol–water partition coefficient (Wildman–Crippen LogP) is 1.34. The molecule has 0 spiro atoms. The second-order valence-electron chi connectivity index (χ2n) is 7.36. The van der Waals surface area contributed by atoms with E-state index in [-0.39, 0.29) is 24.6 Å². The minimum absolute atomic E-state index is 0.0388. The van der Waals surface area contributed by atoms with Crippen LogP contribution in [0.25, 0.3) is 0 Å². The summed E-state index contributed by atoms with van der Waals surface area (Å²) in [6.45, 7) is 0.197. The van der Waals surface area contributed by atoms with Gasteiger partial charge in [0.15, 0.2) is 6.61 Å². The number of carbonyl (C=O) groups excluding carboxylic acids is 4. The number of carbonyl (C=O) groups is 4. The van der Waals surface area contributed by atoms with Gasteiger partial charge in [-0.25, -0.2) is 9.18 Å². The van der Waals surface area contributed by atoms with Gasteiger partial charge in [0.05, 0.1) is 18.2 Å². The maximum absolute atomic E-state index is 14.1. The zero-order valence-electron chi connectivity index (χ0n) is 16.4. The average molecular weight is 416 g/mol. The van der Waals surface area contributed by atoms with Crippen molar-refractivity contribution in [1.29, 1.82) is 5.26 Å². The molecular weight excluding hydrogens is 395 g/mol. The Balaban J connectivity index is 1.59. The maximum atomic E-state index is 14.1. The highest BCUT2D eigenvalue weighted by atomic mass is 19.1. The molecule has 9 nitrogen and oxygen atoms in total. The fraction of sp³-hybridized carbons (Fsp3) is 0.450. The van der Waals surface area contributed by atoms with Crippen LogP contribution in [0.2, 0.25) is 0 Å². The van der Waals surface area contributed by atoms with Crippen LogP contribution in [-0.4, -0.2) is 54.0 Å². The number of nitrogens with zero attached hydrogens (tertiary/aromatic N) is 3. The molecule has 10 heteroatoms. The van der Waals surface area contributed by atoms with Crippen molar-refractivity contribution in [2.45, 2.75) is 31.7 Å². The Labute approximate surface area is 172 Å². The van der Waals surface area contributed by atoms with Crippen LogP contribution in [-0.2, 0) is 19.1 Å². The van der Waals surface area contributed by atoms with Crippen LogP contribution in [0.5, 0.6) is 0 Å². The molecule has 1 aliphatic carbocycles. The molecule has 1 aromatic rings. The summed E-state index contributed by atoms with van der Waals surface area (Å²) in [4.78, 5) is 51.0. The molecule has 1 aliphatic heterocycles. The number of urea groups is 1. The molecule has 158 valence electrons. The number of imide groups is 1. The summed E-state index contributed by atoms with van der Waals surface area (Å²) in [5.41, 5.74) is -1.06. The number of ether oxygens (including phenoxy) is 1. The van der Waals surface area contributed by atoms with Gasteiger partial charge in [-0.05, 0) is 37.8 Å². The van der Waals surface area contributed by atoms with Gasteiger partial charge >= 0.3 is 12.0 Å². The van der Waals surface area contributed by atoms with E-state index in [9.17, 15) is 23.6 Å². The Morgan fingerprint density at radius 2 is 2.07 bits per heavy atom. The summed E-state index contributed by atoms with van der Waals surface area (Å²) >= 11 is 0. The zero-order chi connectivity index (χ0) is 21.9. The minimum Gasteiger partial charge on any atom is -0.454 e. The highest BCUT2D eigenvalue weighted by molar-refractivity contribution is 6.09. The molecule has 1 saturated heterocycles. The number of esters is 1. The fourth-order valence-electron chi connectivity index (χ4n) is 3.40. The Hall–Kier alpha value is -3.48. The number of nitrogens with one attached hydrogen (secondary N) is 1. The minimum atomic E-state index is -1.02. The van der Waals surface area contributed by atoms with Crippen LogP contribution >= 0.6 is 0 Å². The lowest BCUT2D eigenvalue weighted by atomic mass is 9.96. The van der Waals surface area contributed by atoms with Crippen molar-refractivity contribution in [3.8, 4) is 6.07 Å². The van der Waals surface area contributed by atoms with Crippen molar-refractivity contribution in [1.82, 2.24) is 10.2 Å². The molecule has 1 unspecified atom stereocenters. The van der Waals surface area contributed by atoms with Crippen molar-refractivity contribution >= 4 is 29.5 Å². The van der Waals surface area contributed by atoms with Crippen molar-refractivity contribution in [3.63, 3.8) is 0 Å². The van der Waals surface area contributed by atoms with Gasteiger partial charge < -0.3 is 15.0 Å². The van der Waals surface area contributed by atoms with Crippen LogP contribution in [0.15, 0.2) is 24.3 Å². The number of halogens is 1. The summed E-state index contributed by atoms with van der Waals surface area (Å²) in [5, 5.41) is 11.4. The molecule has 2 fully saturated rings. The third-order valence-electron chi connectivity index (χ3n) is 5.23. The van der Waals surface area contributed by atoms with E-state index in [1.807, 2.05) is 6.07 Å². The number of para-hydroxylation sites is 1. The quantitative estimate of drug-likeness (QED) is 0.504. The number of benzene rings is 1. The van der Waals surface area contributed by atoms with Crippen molar-refractivity contribution in [2.24, 2.45) is 5.92 Å². The highest BCUT2D eigenvalue weighted by Crippen LogP contribution is 2.42. The Morgan fingerprint density at radius 1 is 1.37 bits per heavy atom. The van der Waals surface area contributed by atoms with Crippen LogP contribution < -0.4 is 10.2 Å². The number of amides is 4. The molecule has 0 aromatic heterocycles. The second-order valence-corrected chi connectivity index (χ2v) is 7.36. The van der Waals surface area contributed by atoms with E-state index in [0.717, 1.165) is 22.6 Å². The third-order valence-corrected chi connectivity index (χ3v) is 5.23. The molecule has 0 radical (unpaired) electrons. The molecule has 0 bridgehead atoms. The first kappa shape index (κ1) is 21.2. The SMILES string of the molecule is CC1(C2CC2)NC(=O)N(CC(=O)OCC(=O)N(CCC#N)c2ccccc2F)C1=O. The molecule has 2 aliphatic rings.